The Morgan fingerprint density at radius 2 is 0.923 bits per heavy atom. The van der Waals surface area contributed by atoms with Crippen LogP contribution in [0.15, 0.2) is 29.4 Å². The molecule has 0 N–H and O–H groups in total. The van der Waals surface area contributed by atoms with Gasteiger partial charge in [-0.15, -0.1) is 0 Å². The van der Waals surface area contributed by atoms with Crippen LogP contribution in [0.5, 0.6) is 0 Å². The largest absolute Gasteiger partial charge is 0.389 e. The number of methoxy groups -OCH3 is 1. The zero-order valence-corrected chi connectivity index (χ0v) is 96.8. The molecule has 10 fully saturated rings. The number of unbranched alkanes of at least 4 members (excludes halogenated alkanes) is 1. The highest BCUT2D eigenvalue weighted by Gasteiger charge is 2.41. The Kier molecular flexibility index (Phi) is 60.8. The molecule has 820 valence electrons. The number of morpholine rings is 1. The van der Waals surface area contributed by atoms with Gasteiger partial charge in [-0.3, -0.25) is 19.4 Å². The number of hydrogen-bond acceptors (Lipinski definition) is 16. The number of halogens is 3. The number of sulfonamides is 2. The van der Waals surface area contributed by atoms with Crippen LogP contribution < -0.4 is 0 Å². The zero-order valence-electron chi connectivity index (χ0n) is 95.2. The normalized spacial score (nSPS) is 24.0. The minimum atomic E-state index is -3.96. The van der Waals surface area contributed by atoms with Crippen molar-refractivity contribution in [3.05, 3.63) is 24.5 Å². The van der Waals surface area contributed by atoms with Gasteiger partial charge in [-0.05, 0) is 341 Å². The summed E-state index contributed by atoms with van der Waals surface area (Å²) in [4.78, 5) is 50.5. The summed E-state index contributed by atoms with van der Waals surface area (Å²) in [5.41, 5.74) is 1.27. The summed E-state index contributed by atoms with van der Waals surface area (Å²) in [6.45, 7) is 68.8. The van der Waals surface area contributed by atoms with Crippen molar-refractivity contribution in [1.29, 1.82) is 21.0 Å². The molecular formula is C116H209F3N12O9S2. The second-order valence-electron chi connectivity index (χ2n) is 49.5. The third-order valence-electron chi connectivity index (χ3n) is 35.4. The maximum Gasteiger partial charge on any atom is 0.389 e. The van der Waals surface area contributed by atoms with E-state index in [-0.39, 0.29) is 29.1 Å². The smallest absolute Gasteiger partial charge is 0.385 e. The Bertz CT molecular complexity index is 4000. The highest BCUT2D eigenvalue weighted by Crippen LogP contribution is 2.45. The number of rotatable bonds is 28. The SMILES string of the molecule is CC(C)(C)C1CCN(S(C)(=O)=O)CC1.CC(C)C1(C)CCN(C(=O)CC#N)CC1.CC(C)C1(C)CCN(CCC#N)CC1.CC(C)C1(C)CCN(S(=O)(=O)c2cccnc2)CC1.CC(C)C1CCC(CC(=O)N2CCOCC2)CC1.CC(C)C1CCC(CCC(F)(F)F)CC1.CC(C)C1CCC(CCCC#N)CC1.CC(C)C1CCN(CC(C)(C)C#N)CC1.COCCCC(=O)N(C)C1CCC(C(C)C)CC1. The van der Waals surface area contributed by atoms with Crippen molar-refractivity contribution in [2.75, 3.05) is 132 Å². The van der Waals surface area contributed by atoms with Gasteiger partial charge in [-0.25, -0.2) is 21.1 Å². The van der Waals surface area contributed by atoms with E-state index in [4.69, 9.17) is 30.5 Å². The number of aromatic nitrogens is 1. The van der Waals surface area contributed by atoms with Crippen LogP contribution in [0.1, 0.15) is 397 Å². The van der Waals surface area contributed by atoms with Gasteiger partial charge in [-0.2, -0.15) is 38.5 Å². The summed E-state index contributed by atoms with van der Waals surface area (Å²) in [6.07, 6.45) is 37.3. The van der Waals surface area contributed by atoms with Crippen LogP contribution in [0.3, 0.4) is 0 Å². The van der Waals surface area contributed by atoms with Crippen LogP contribution in [0.2, 0.25) is 0 Å². The molecule has 0 radical (unpaired) electrons. The van der Waals surface area contributed by atoms with Gasteiger partial charge in [0.05, 0.1) is 49.2 Å². The molecule has 11 rings (SSSR count). The van der Waals surface area contributed by atoms with E-state index < -0.39 is 32.6 Å². The van der Waals surface area contributed by atoms with E-state index in [2.05, 4.69) is 185 Å². The number of hydrogen-bond donors (Lipinski definition) is 0. The highest BCUT2D eigenvalue weighted by molar-refractivity contribution is 7.89. The van der Waals surface area contributed by atoms with E-state index >= 15 is 0 Å². The first-order chi connectivity index (χ1) is 66.4. The molecule has 0 aromatic carbocycles. The molecule has 142 heavy (non-hydrogen) atoms. The first-order valence-electron chi connectivity index (χ1n) is 56.2. The minimum absolute atomic E-state index is 0.0108. The number of amides is 3. The molecule has 10 aliphatic rings. The first kappa shape index (κ1) is 131. The Labute approximate surface area is 868 Å². The van der Waals surface area contributed by atoms with E-state index in [1.807, 2.05) is 41.7 Å². The average molecular weight is 2040 g/mol. The Hall–Kier alpha value is -5.03. The minimum Gasteiger partial charge on any atom is -0.385 e. The molecule has 0 unspecified atom stereocenters. The molecule has 7 heterocycles. The molecule has 0 bridgehead atoms. The zero-order chi connectivity index (χ0) is 107. The summed E-state index contributed by atoms with van der Waals surface area (Å²) < 4.78 is 96.9. The highest BCUT2D eigenvalue weighted by atomic mass is 32.2. The van der Waals surface area contributed by atoms with Crippen molar-refractivity contribution in [2.45, 2.75) is 414 Å². The second-order valence-corrected chi connectivity index (χ2v) is 53.4. The van der Waals surface area contributed by atoms with Crippen molar-refractivity contribution in [2.24, 2.45) is 128 Å². The predicted molar refractivity (Wildman–Crippen MR) is 577 cm³/mol. The molecule has 26 heteroatoms. The van der Waals surface area contributed by atoms with Gasteiger partial charge in [0, 0.05) is 137 Å². The molecule has 0 atom stereocenters. The van der Waals surface area contributed by atoms with Crippen molar-refractivity contribution in [3.63, 3.8) is 0 Å². The number of nitrogens with zero attached hydrogens (tertiary/aromatic N) is 12. The summed E-state index contributed by atoms with van der Waals surface area (Å²) in [5.74, 6) is 13.5. The van der Waals surface area contributed by atoms with Crippen molar-refractivity contribution in [1.82, 2.24) is 38.1 Å². The molecule has 0 spiro atoms. The predicted octanol–water partition coefficient (Wildman–Crippen LogP) is 26.7. The van der Waals surface area contributed by atoms with Crippen molar-refractivity contribution in [3.8, 4) is 24.3 Å². The number of alkyl halides is 3. The fourth-order valence-corrected chi connectivity index (χ4v) is 24.5. The summed E-state index contributed by atoms with van der Waals surface area (Å²) in [6, 6.07) is 12.5. The van der Waals surface area contributed by atoms with Gasteiger partial charge in [-0.1, -0.05) is 178 Å². The molecule has 6 saturated heterocycles. The van der Waals surface area contributed by atoms with E-state index in [0.29, 0.717) is 134 Å². The molecule has 21 nitrogen and oxygen atoms in total. The number of likely N-dealkylation sites (tertiary alicyclic amines) is 3. The maximum absolute atomic E-state index is 12.5. The van der Waals surface area contributed by atoms with E-state index in [9.17, 15) is 44.4 Å². The molecule has 4 saturated carbocycles. The standard InChI is InChI=1S/C15H27NO2.C15H29NO2.C14H22N2O2S.C13H24N2.C13H23N.C12H21F3.C12H20N2O.C12H22N2.C10H21NO2S/c1-12(2)14-5-3-13(4-6-14)11-15(17)16-7-9-18-10-8-16;1-12(2)13-7-9-14(10-8-13)16(3)15(17)6-5-11-18-4;1-12(2)14(3)6-9-16(10-7-14)19(17,18)13-5-4-8-15-11-13;1-11(2)12-5-7-15(8-6-12)10-13(3,4)9-14;1-11(2)13-8-6-12(7-9-13)5-3-4-10-14;1-9(2)11-5-3-10(4-6-11)7-8-12(13,14)15;1-10(2)12(3)5-8-14(9-6-12)11(15)4-7-13;1-11(2)12(3)5-9-14(10-6-12)8-4-7-13;1-10(2,3)9-5-7-11(8-6-9)14(4,12)13/h12-14H,3-11H2,1-2H3;12-14H,5-11H2,1-4H3;4-5,8,11-12H,6-7,9-10H2,1-3H3;11-12H,5-8,10H2,1-4H3;11-13H,3-9H2,1-2H3;9-11H,3-8H2,1-2H3;10H,4-6,8-9H2,1-3H3;11H,4-6,8-10H2,1-3H3;9H,5-8H2,1-4H3. The van der Waals surface area contributed by atoms with Crippen molar-refractivity contribution >= 4 is 37.8 Å². The van der Waals surface area contributed by atoms with E-state index in [0.717, 1.165) is 194 Å². The Morgan fingerprint density at radius 3 is 1.31 bits per heavy atom. The summed E-state index contributed by atoms with van der Waals surface area (Å²) >= 11 is 0. The third-order valence-corrected chi connectivity index (χ3v) is 38.6. The first-order valence-corrected chi connectivity index (χ1v) is 59.5. The fraction of sp³-hybridized carbons (Fsp3) is 0.897. The summed E-state index contributed by atoms with van der Waals surface area (Å²) in [7, 11) is -2.68. The molecule has 1 aromatic heterocycles. The van der Waals surface area contributed by atoms with Gasteiger partial charge < -0.3 is 34.0 Å². The number of carbonyl (C=O) groups excluding carboxylic acids is 3. The molecule has 6 aliphatic heterocycles. The van der Waals surface area contributed by atoms with Gasteiger partial charge in [0.2, 0.25) is 37.8 Å². The van der Waals surface area contributed by atoms with Crippen LogP contribution in [-0.2, 0) is 43.9 Å². The Morgan fingerprint density at radius 1 is 0.507 bits per heavy atom. The van der Waals surface area contributed by atoms with Gasteiger partial charge in [0.1, 0.15) is 11.3 Å². The van der Waals surface area contributed by atoms with Crippen LogP contribution in [0.4, 0.5) is 13.2 Å². The molecule has 4 aliphatic carbocycles. The van der Waals surface area contributed by atoms with E-state index in [1.54, 1.807) is 34.0 Å². The average Bonchev–Trinajstić information content (AvgIpc) is 0.787. The van der Waals surface area contributed by atoms with Crippen LogP contribution >= 0.6 is 0 Å². The number of carbonyl (C=O) groups is 3. The van der Waals surface area contributed by atoms with Crippen LogP contribution in [0.25, 0.3) is 0 Å². The second kappa shape index (κ2) is 65.8. The van der Waals surface area contributed by atoms with Crippen molar-refractivity contribution < 1.29 is 53.9 Å². The molecule has 3 amide bonds. The van der Waals surface area contributed by atoms with Crippen LogP contribution in [-0.4, -0.2) is 217 Å². The lowest BCUT2D eigenvalue weighted by Gasteiger charge is -2.42. The monoisotopic (exact) mass is 2040 g/mol. The fourth-order valence-electron chi connectivity index (χ4n) is 22.3. The number of pyridine rings is 1. The third kappa shape index (κ3) is 50.1. The van der Waals surface area contributed by atoms with E-state index in [1.165, 1.54) is 148 Å². The van der Waals surface area contributed by atoms with Crippen LogP contribution in [0, 0.1) is 173 Å². The summed E-state index contributed by atoms with van der Waals surface area (Å²) in [5, 5.41) is 34.4. The van der Waals surface area contributed by atoms with Gasteiger partial charge >= 0.3 is 6.18 Å². The molecular weight excluding hydrogens is 1830 g/mol. The lowest BCUT2D eigenvalue weighted by Crippen LogP contribution is -2.43. The number of piperidine rings is 5. The lowest BCUT2D eigenvalue weighted by molar-refractivity contribution is -0.138. The maximum atomic E-state index is 12.5. The number of nitriles is 4. The van der Waals surface area contributed by atoms with Gasteiger partial charge in [0.25, 0.3) is 0 Å². The number of ether oxygens (including phenoxy) is 2. The van der Waals surface area contributed by atoms with Gasteiger partial charge in [0.15, 0.2) is 0 Å². The topological polar surface area (TPSA) is 269 Å². The molecule has 1 aromatic rings. The Balaban J connectivity index is 0.000000412. The lowest BCUT2D eigenvalue weighted by atomic mass is 9.72. The quantitative estimate of drug-likeness (QED) is 0.0705.